The van der Waals surface area contributed by atoms with Crippen molar-refractivity contribution >= 4 is 5.91 Å². The third-order valence-corrected chi connectivity index (χ3v) is 3.38. The van der Waals surface area contributed by atoms with Gasteiger partial charge in [-0.1, -0.05) is 0 Å². The monoisotopic (exact) mass is 278 g/mol. The molecule has 1 heterocycles. The highest BCUT2D eigenvalue weighted by atomic mass is 16.5. The topological polar surface area (TPSA) is 59.6 Å². The zero-order valence-electron chi connectivity index (χ0n) is 11.9. The molecule has 1 amide bonds. The fraction of sp³-hybridized carbons (Fsp3) is 0.533. The maximum atomic E-state index is 11.9. The molecule has 0 spiro atoms. The SMILES string of the molecule is COc1ccc(C(=O)NCCOC2CCNCC2)cc1. The van der Waals surface area contributed by atoms with Crippen LogP contribution in [0.1, 0.15) is 23.2 Å². The Hall–Kier alpha value is -1.59. The number of amides is 1. The van der Waals surface area contributed by atoms with E-state index in [1.165, 1.54) is 0 Å². The number of carbonyl (C=O) groups excluding carboxylic acids is 1. The first-order valence-corrected chi connectivity index (χ1v) is 7.04. The first-order chi connectivity index (χ1) is 9.79. The zero-order valence-corrected chi connectivity index (χ0v) is 11.9. The average Bonchev–Trinajstić information content (AvgIpc) is 2.52. The largest absolute Gasteiger partial charge is 0.497 e. The summed E-state index contributed by atoms with van der Waals surface area (Å²) in [6.07, 6.45) is 2.42. The molecule has 5 nitrogen and oxygen atoms in total. The molecular weight excluding hydrogens is 256 g/mol. The van der Waals surface area contributed by atoms with E-state index in [4.69, 9.17) is 9.47 Å². The molecule has 1 saturated heterocycles. The van der Waals surface area contributed by atoms with Crippen LogP contribution in [0.5, 0.6) is 5.75 Å². The van der Waals surface area contributed by atoms with Crippen LogP contribution in [0.3, 0.4) is 0 Å². The second kappa shape index (κ2) is 7.87. The van der Waals surface area contributed by atoms with Gasteiger partial charge in [0.1, 0.15) is 5.75 Å². The molecule has 5 heteroatoms. The van der Waals surface area contributed by atoms with Gasteiger partial charge < -0.3 is 20.1 Å². The number of piperidine rings is 1. The van der Waals surface area contributed by atoms with Crippen LogP contribution in [0.25, 0.3) is 0 Å². The van der Waals surface area contributed by atoms with Crippen LogP contribution in [0, 0.1) is 0 Å². The van der Waals surface area contributed by atoms with E-state index in [9.17, 15) is 4.79 Å². The Kier molecular flexibility index (Phi) is 5.83. The van der Waals surface area contributed by atoms with E-state index in [0.29, 0.717) is 24.8 Å². The highest BCUT2D eigenvalue weighted by Crippen LogP contribution is 2.11. The number of benzene rings is 1. The van der Waals surface area contributed by atoms with Crippen LogP contribution < -0.4 is 15.4 Å². The molecule has 1 aliphatic rings. The molecule has 0 bridgehead atoms. The van der Waals surface area contributed by atoms with Gasteiger partial charge in [-0.2, -0.15) is 0 Å². The standard InChI is InChI=1S/C15H22N2O3/c1-19-13-4-2-12(3-5-13)15(18)17-10-11-20-14-6-8-16-9-7-14/h2-5,14,16H,6-11H2,1H3,(H,17,18). The van der Waals surface area contributed by atoms with E-state index >= 15 is 0 Å². The summed E-state index contributed by atoms with van der Waals surface area (Å²) in [4.78, 5) is 11.9. The van der Waals surface area contributed by atoms with E-state index < -0.39 is 0 Å². The predicted molar refractivity (Wildman–Crippen MR) is 77.2 cm³/mol. The zero-order chi connectivity index (χ0) is 14.2. The molecule has 1 fully saturated rings. The quantitative estimate of drug-likeness (QED) is 0.768. The molecular formula is C15H22N2O3. The lowest BCUT2D eigenvalue weighted by atomic mass is 10.1. The summed E-state index contributed by atoms with van der Waals surface area (Å²) in [7, 11) is 1.60. The first-order valence-electron chi connectivity index (χ1n) is 7.04. The Balaban J connectivity index is 1.66. The highest BCUT2D eigenvalue weighted by molar-refractivity contribution is 5.94. The third-order valence-electron chi connectivity index (χ3n) is 3.38. The van der Waals surface area contributed by atoms with Crippen molar-refractivity contribution in [2.24, 2.45) is 0 Å². The fourth-order valence-electron chi connectivity index (χ4n) is 2.20. The molecule has 0 saturated carbocycles. The minimum Gasteiger partial charge on any atom is -0.497 e. The second-order valence-corrected chi connectivity index (χ2v) is 4.80. The van der Waals surface area contributed by atoms with Crippen LogP contribution in [-0.2, 0) is 4.74 Å². The molecule has 0 unspecified atom stereocenters. The maximum absolute atomic E-state index is 11.9. The number of methoxy groups -OCH3 is 1. The van der Waals surface area contributed by atoms with Gasteiger partial charge in [0.05, 0.1) is 19.8 Å². The lowest BCUT2D eigenvalue weighted by Crippen LogP contribution is -2.34. The van der Waals surface area contributed by atoms with Crippen molar-refractivity contribution in [2.45, 2.75) is 18.9 Å². The van der Waals surface area contributed by atoms with Gasteiger partial charge in [-0.05, 0) is 50.2 Å². The van der Waals surface area contributed by atoms with Gasteiger partial charge in [-0.25, -0.2) is 0 Å². The van der Waals surface area contributed by atoms with Crippen LogP contribution in [0.2, 0.25) is 0 Å². The number of ether oxygens (including phenoxy) is 2. The molecule has 1 aliphatic heterocycles. The number of carbonyl (C=O) groups is 1. The smallest absolute Gasteiger partial charge is 0.251 e. The van der Waals surface area contributed by atoms with Gasteiger partial charge in [0.25, 0.3) is 5.91 Å². The highest BCUT2D eigenvalue weighted by Gasteiger charge is 2.13. The van der Waals surface area contributed by atoms with Crippen molar-refractivity contribution in [3.63, 3.8) is 0 Å². The van der Waals surface area contributed by atoms with Crippen LogP contribution >= 0.6 is 0 Å². The van der Waals surface area contributed by atoms with E-state index in [0.717, 1.165) is 31.7 Å². The minimum absolute atomic E-state index is 0.0819. The first kappa shape index (κ1) is 14.8. The summed E-state index contributed by atoms with van der Waals surface area (Å²) in [5, 5.41) is 6.15. The summed E-state index contributed by atoms with van der Waals surface area (Å²) in [5.41, 5.74) is 0.632. The van der Waals surface area contributed by atoms with Crippen molar-refractivity contribution in [1.82, 2.24) is 10.6 Å². The van der Waals surface area contributed by atoms with E-state index in [1.54, 1.807) is 31.4 Å². The molecule has 2 rings (SSSR count). The van der Waals surface area contributed by atoms with E-state index in [1.807, 2.05) is 0 Å². The average molecular weight is 278 g/mol. The summed E-state index contributed by atoms with van der Waals surface area (Å²) in [5.74, 6) is 0.664. The Morgan fingerprint density at radius 2 is 2.00 bits per heavy atom. The van der Waals surface area contributed by atoms with Crippen molar-refractivity contribution in [1.29, 1.82) is 0 Å². The molecule has 2 N–H and O–H groups in total. The predicted octanol–water partition coefficient (Wildman–Crippen LogP) is 1.19. The van der Waals surface area contributed by atoms with Crippen molar-refractivity contribution in [3.8, 4) is 5.75 Å². The number of hydrogen-bond acceptors (Lipinski definition) is 4. The normalized spacial score (nSPS) is 15.8. The van der Waals surface area contributed by atoms with Crippen molar-refractivity contribution in [2.75, 3.05) is 33.4 Å². The van der Waals surface area contributed by atoms with Gasteiger partial charge in [0.15, 0.2) is 0 Å². The number of rotatable bonds is 6. The third kappa shape index (κ3) is 4.51. The van der Waals surface area contributed by atoms with Gasteiger partial charge >= 0.3 is 0 Å². The van der Waals surface area contributed by atoms with Gasteiger partial charge in [-0.15, -0.1) is 0 Å². The van der Waals surface area contributed by atoms with Crippen LogP contribution in [0.15, 0.2) is 24.3 Å². The molecule has 0 radical (unpaired) electrons. The summed E-state index contributed by atoms with van der Waals surface area (Å²) in [6.45, 7) is 3.13. The summed E-state index contributed by atoms with van der Waals surface area (Å²) < 4.78 is 10.8. The molecule has 20 heavy (non-hydrogen) atoms. The molecule has 0 aliphatic carbocycles. The number of hydrogen-bond donors (Lipinski definition) is 2. The van der Waals surface area contributed by atoms with E-state index in [2.05, 4.69) is 10.6 Å². The maximum Gasteiger partial charge on any atom is 0.251 e. The molecule has 0 atom stereocenters. The van der Waals surface area contributed by atoms with E-state index in [-0.39, 0.29) is 5.91 Å². The fourth-order valence-corrected chi connectivity index (χ4v) is 2.20. The van der Waals surface area contributed by atoms with Gasteiger partial charge in [0, 0.05) is 12.1 Å². The van der Waals surface area contributed by atoms with Crippen LogP contribution in [-0.4, -0.2) is 45.4 Å². The lowest BCUT2D eigenvalue weighted by molar-refractivity contribution is 0.0343. The van der Waals surface area contributed by atoms with Gasteiger partial charge in [0.2, 0.25) is 0 Å². The van der Waals surface area contributed by atoms with Gasteiger partial charge in [-0.3, -0.25) is 4.79 Å². The van der Waals surface area contributed by atoms with Crippen LogP contribution in [0.4, 0.5) is 0 Å². The number of nitrogens with one attached hydrogen (secondary N) is 2. The molecule has 1 aromatic rings. The van der Waals surface area contributed by atoms with Crippen molar-refractivity contribution in [3.05, 3.63) is 29.8 Å². The Morgan fingerprint density at radius 1 is 1.30 bits per heavy atom. The van der Waals surface area contributed by atoms with Crippen molar-refractivity contribution < 1.29 is 14.3 Å². The summed E-state index contributed by atoms with van der Waals surface area (Å²) in [6, 6.07) is 7.06. The Bertz CT molecular complexity index is 414. The molecule has 0 aromatic heterocycles. The molecule has 1 aromatic carbocycles. The second-order valence-electron chi connectivity index (χ2n) is 4.80. The molecule has 110 valence electrons. The Labute approximate surface area is 119 Å². The Morgan fingerprint density at radius 3 is 2.65 bits per heavy atom. The summed E-state index contributed by atoms with van der Waals surface area (Å²) >= 11 is 0. The minimum atomic E-state index is -0.0819. The lowest BCUT2D eigenvalue weighted by Gasteiger charge is -2.22.